The Labute approximate surface area is 104 Å². The molecule has 7 nitrogen and oxygen atoms in total. The highest BCUT2D eigenvalue weighted by Crippen LogP contribution is 2.40. The van der Waals surface area contributed by atoms with Gasteiger partial charge in [-0.2, -0.15) is 4.98 Å². The summed E-state index contributed by atoms with van der Waals surface area (Å²) in [5.41, 5.74) is -0.332. The molecule has 7 heteroatoms. The maximum atomic E-state index is 11.2. The lowest BCUT2D eigenvalue weighted by Crippen LogP contribution is -2.46. The molecule has 0 aliphatic carbocycles. The summed E-state index contributed by atoms with van der Waals surface area (Å²) in [6.07, 6.45) is 0.716. The fourth-order valence-corrected chi connectivity index (χ4v) is 2.65. The summed E-state index contributed by atoms with van der Waals surface area (Å²) in [6, 6.07) is 1.58. The lowest BCUT2D eigenvalue weighted by molar-refractivity contribution is -0.0329. The Morgan fingerprint density at radius 2 is 2.33 bits per heavy atom. The van der Waals surface area contributed by atoms with Crippen LogP contribution in [-0.2, 0) is 4.74 Å². The average molecular weight is 253 g/mol. The summed E-state index contributed by atoms with van der Waals surface area (Å²) < 4.78 is 13.2. The summed E-state index contributed by atoms with van der Waals surface area (Å²) >= 11 is 0. The van der Waals surface area contributed by atoms with Crippen molar-refractivity contribution >= 4 is 0 Å². The highest BCUT2D eigenvalue weighted by atomic mass is 16.6. The molecule has 0 spiro atoms. The predicted molar refractivity (Wildman–Crippen MR) is 61.4 cm³/mol. The van der Waals surface area contributed by atoms with Gasteiger partial charge in [-0.25, -0.2) is 0 Å². The molecule has 4 atom stereocenters. The van der Waals surface area contributed by atoms with Gasteiger partial charge in [0.05, 0.1) is 12.6 Å². The first kappa shape index (κ1) is 11.6. The first-order valence-electron chi connectivity index (χ1n) is 5.80. The monoisotopic (exact) mass is 253 g/mol. The van der Waals surface area contributed by atoms with Crippen LogP contribution < -0.4 is 10.3 Å². The van der Waals surface area contributed by atoms with Crippen molar-refractivity contribution in [2.45, 2.75) is 24.5 Å². The molecule has 1 fully saturated rings. The van der Waals surface area contributed by atoms with Gasteiger partial charge in [0, 0.05) is 12.3 Å². The molecule has 1 N–H and O–H groups in total. The summed E-state index contributed by atoms with van der Waals surface area (Å²) in [5.74, 6) is 0. The van der Waals surface area contributed by atoms with Crippen LogP contribution in [0.25, 0.3) is 0 Å². The van der Waals surface area contributed by atoms with E-state index in [0.717, 1.165) is 0 Å². The van der Waals surface area contributed by atoms with E-state index >= 15 is 0 Å². The lowest BCUT2D eigenvalue weighted by atomic mass is 10.1. The molecule has 0 saturated carbocycles. The minimum absolute atomic E-state index is 0.0673. The van der Waals surface area contributed by atoms with E-state index in [2.05, 4.69) is 4.98 Å². The van der Waals surface area contributed by atoms with E-state index in [1.807, 2.05) is 19.0 Å². The molecule has 18 heavy (non-hydrogen) atoms. The van der Waals surface area contributed by atoms with Crippen molar-refractivity contribution in [1.29, 1.82) is 0 Å². The third-order valence-electron chi connectivity index (χ3n) is 3.41. The van der Waals surface area contributed by atoms with Crippen LogP contribution in [0.4, 0.5) is 0 Å². The number of rotatable bonds is 2. The highest BCUT2D eigenvalue weighted by molar-refractivity contribution is 5.12. The van der Waals surface area contributed by atoms with Crippen molar-refractivity contribution in [3.63, 3.8) is 0 Å². The maximum absolute atomic E-state index is 11.2. The molecule has 1 aromatic heterocycles. The van der Waals surface area contributed by atoms with E-state index < -0.39 is 0 Å². The molecule has 2 aliphatic rings. The third-order valence-corrected chi connectivity index (χ3v) is 3.41. The highest BCUT2D eigenvalue weighted by Gasteiger charge is 2.52. The molecule has 3 rings (SSSR count). The average Bonchev–Trinajstić information content (AvgIpc) is 2.82. The van der Waals surface area contributed by atoms with Crippen molar-refractivity contribution in [1.82, 2.24) is 14.5 Å². The van der Waals surface area contributed by atoms with Crippen LogP contribution in [0, 0.1) is 0 Å². The number of aliphatic hydroxyl groups is 1. The number of hydrogen-bond acceptors (Lipinski definition) is 6. The van der Waals surface area contributed by atoms with E-state index in [9.17, 15) is 9.90 Å². The van der Waals surface area contributed by atoms with Gasteiger partial charge < -0.3 is 19.5 Å². The Morgan fingerprint density at radius 3 is 3.00 bits per heavy atom. The van der Waals surface area contributed by atoms with Gasteiger partial charge in [0.1, 0.15) is 6.10 Å². The van der Waals surface area contributed by atoms with E-state index in [1.165, 1.54) is 6.07 Å². The molecule has 0 amide bonds. The molecule has 3 heterocycles. The van der Waals surface area contributed by atoms with E-state index in [4.69, 9.17) is 9.47 Å². The van der Waals surface area contributed by atoms with Crippen molar-refractivity contribution in [3.05, 3.63) is 22.6 Å². The summed E-state index contributed by atoms with van der Waals surface area (Å²) in [4.78, 5) is 16.9. The van der Waals surface area contributed by atoms with E-state index in [-0.39, 0.29) is 42.7 Å². The lowest BCUT2D eigenvalue weighted by Gasteiger charge is -2.26. The van der Waals surface area contributed by atoms with Gasteiger partial charge in [-0.15, -0.1) is 0 Å². The molecule has 0 bridgehead atoms. The molecule has 1 saturated heterocycles. The SMILES string of the molecule is CN(C)[C@@H]1[C@@H]2Oc3nc(=O)ccn3[C@@H]2O[C@@H]1CO. The van der Waals surface area contributed by atoms with E-state index in [1.54, 1.807) is 10.8 Å². The second-order valence-corrected chi connectivity index (χ2v) is 4.74. The topological polar surface area (TPSA) is 76.8 Å². The normalized spacial score (nSPS) is 33.3. The third kappa shape index (κ3) is 1.55. The zero-order chi connectivity index (χ0) is 12.9. The zero-order valence-corrected chi connectivity index (χ0v) is 10.2. The second-order valence-electron chi connectivity index (χ2n) is 4.74. The Morgan fingerprint density at radius 1 is 1.56 bits per heavy atom. The number of nitrogens with zero attached hydrogens (tertiary/aromatic N) is 3. The molecule has 98 valence electrons. The van der Waals surface area contributed by atoms with Gasteiger partial charge >= 0.3 is 6.01 Å². The Hall–Kier alpha value is -1.44. The molecule has 0 aromatic carbocycles. The number of ether oxygens (including phenoxy) is 2. The minimum Gasteiger partial charge on any atom is -0.455 e. The Balaban J connectivity index is 1.97. The van der Waals surface area contributed by atoms with E-state index in [0.29, 0.717) is 0 Å². The fourth-order valence-electron chi connectivity index (χ4n) is 2.65. The Bertz CT molecular complexity index is 515. The summed E-state index contributed by atoms with van der Waals surface area (Å²) in [6.45, 7) is -0.0673. The molecule has 0 radical (unpaired) electrons. The molecular weight excluding hydrogens is 238 g/mol. The number of aromatic nitrogens is 2. The van der Waals surface area contributed by atoms with Gasteiger partial charge in [-0.1, -0.05) is 0 Å². The first-order valence-corrected chi connectivity index (χ1v) is 5.80. The van der Waals surface area contributed by atoms with Crippen LogP contribution in [0.15, 0.2) is 17.1 Å². The minimum atomic E-state index is -0.336. The quantitative estimate of drug-likeness (QED) is 0.715. The first-order chi connectivity index (χ1) is 8.61. The predicted octanol–water partition coefficient (Wildman–Crippen LogP) is -1.18. The van der Waals surface area contributed by atoms with Crippen molar-refractivity contribution in [2.75, 3.05) is 20.7 Å². The van der Waals surface area contributed by atoms with Crippen LogP contribution in [0.1, 0.15) is 6.23 Å². The number of likely N-dealkylation sites (N-methyl/N-ethyl adjacent to an activating group) is 1. The van der Waals surface area contributed by atoms with Gasteiger partial charge in [0.15, 0.2) is 12.3 Å². The van der Waals surface area contributed by atoms with Gasteiger partial charge in [0.25, 0.3) is 5.56 Å². The Kier molecular flexibility index (Phi) is 2.61. The number of fused-ring (bicyclic) bond motifs is 3. The van der Waals surface area contributed by atoms with Crippen LogP contribution in [-0.4, -0.2) is 58.5 Å². The summed E-state index contributed by atoms with van der Waals surface area (Å²) in [7, 11) is 3.81. The van der Waals surface area contributed by atoms with Crippen LogP contribution in [0.2, 0.25) is 0 Å². The van der Waals surface area contributed by atoms with Gasteiger partial charge in [0.2, 0.25) is 0 Å². The molecule has 0 unspecified atom stereocenters. The van der Waals surface area contributed by atoms with Crippen LogP contribution >= 0.6 is 0 Å². The van der Waals surface area contributed by atoms with Crippen molar-refractivity contribution in [2.24, 2.45) is 0 Å². The maximum Gasteiger partial charge on any atom is 0.302 e. The van der Waals surface area contributed by atoms with Crippen LogP contribution in [0.3, 0.4) is 0 Å². The fraction of sp³-hybridized carbons (Fsp3) is 0.636. The number of hydrogen-bond donors (Lipinski definition) is 1. The molecular formula is C11H15N3O4. The van der Waals surface area contributed by atoms with Crippen LogP contribution in [0.5, 0.6) is 6.01 Å². The number of aliphatic hydroxyl groups excluding tert-OH is 1. The summed E-state index contributed by atoms with van der Waals surface area (Å²) in [5, 5.41) is 9.35. The van der Waals surface area contributed by atoms with Crippen molar-refractivity contribution < 1.29 is 14.6 Å². The second kappa shape index (κ2) is 4.04. The molecule has 1 aromatic rings. The van der Waals surface area contributed by atoms with Crippen molar-refractivity contribution in [3.8, 4) is 6.01 Å². The van der Waals surface area contributed by atoms with Gasteiger partial charge in [-0.3, -0.25) is 9.36 Å². The standard InChI is InChI=1S/C11H15N3O4/c1-13(2)8-6(5-15)17-10-9(8)18-11-12-7(16)3-4-14(10)11/h3-4,6,8-10,15H,5H2,1-2H3/t6-,8+,9+,10-/m1/s1. The smallest absolute Gasteiger partial charge is 0.302 e. The van der Waals surface area contributed by atoms with Gasteiger partial charge in [-0.05, 0) is 14.1 Å². The molecule has 2 aliphatic heterocycles. The largest absolute Gasteiger partial charge is 0.455 e. The zero-order valence-electron chi connectivity index (χ0n) is 10.2.